The summed E-state index contributed by atoms with van der Waals surface area (Å²) in [6, 6.07) is 12.8. The minimum absolute atomic E-state index is 0.0629. The van der Waals surface area contributed by atoms with E-state index in [9.17, 15) is 14.4 Å². The fourth-order valence-electron chi connectivity index (χ4n) is 6.01. The second-order valence-corrected chi connectivity index (χ2v) is 11.7. The quantitative estimate of drug-likeness (QED) is 0.500. The lowest BCUT2D eigenvalue weighted by Crippen LogP contribution is -2.54. The summed E-state index contributed by atoms with van der Waals surface area (Å²) >= 11 is 6.41. The molecule has 0 bridgehead atoms. The molecule has 5 rings (SSSR count). The number of nitrogens with two attached hydrogens (primary N) is 1. The molecule has 3 N–H and O–H groups in total. The van der Waals surface area contributed by atoms with Gasteiger partial charge in [0.2, 0.25) is 5.91 Å². The number of ketones is 1. The maximum atomic E-state index is 14.1. The van der Waals surface area contributed by atoms with E-state index >= 15 is 0 Å². The summed E-state index contributed by atoms with van der Waals surface area (Å²) in [5.74, 6) is -1.09. The first kappa shape index (κ1) is 26.0. The van der Waals surface area contributed by atoms with Gasteiger partial charge in [-0.15, -0.1) is 0 Å². The molecule has 0 fully saturated rings. The van der Waals surface area contributed by atoms with Gasteiger partial charge >= 0.3 is 5.97 Å². The molecule has 1 aliphatic carbocycles. The van der Waals surface area contributed by atoms with Crippen LogP contribution in [-0.2, 0) is 24.5 Å². The third-order valence-corrected chi connectivity index (χ3v) is 7.88. The molecule has 1 unspecified atom stereocenters. The SMILES string of the molecule is CCOC(=O)C1=C(N)N(c2ccc(C(C)C)cc2)C2=C(C(=O)CC(C)(C)C2)C12C(=O)Nc1ccc(Cl)cc12. The van der Waals surface area contributed by atoms with E-state index in [1.54, 1.807) is 30.0 Å². The van der Waals surface area contributed by atoms with E-state index < -0.39 is 17.3 Å². The molecule has 0 saturated heterocycles. The van der Waals surface area contributed by atoms with Crippen LogP contribution in [0.15, 0.2) is 65.1 Å². The Labute approximate surface area is 227 Å². The number of nitrogens with zero attached hydrogens (tertiary/aromatic N) is 1. The number of fused-ring (bicyclic) bond motifs is 3. The van der Waals surface area contributed by atoms with E-state index in [0.29, 0.717) is 40.0 Å². The summed E-state index contributed by atoms with van der Waals surface area (Å²) in [7, 11) is 0. The zero-order chi connectivity index (χ0) is 27.6. The normalized spacial score (nSPS) is 22.1. The van der Waals surface area contributed by atoms with E-state index in [-0.39, 0.29) is 41.2 Å². The number of hydrogen-bond acceptors (Lipinski definition) is 6. The lowest BCUT2D eigenvalue weighted by molar-refractivity contribution is -0.140. The van der Waals surface area contributed by atoms with Gasteiger partial charge in [-0.1, -0.05) is 51.4 Å². The molecular weight excluding hydrogens is 502 g/mol. The Bertz CT molecular complexity index is 1440. The molecule has 2 aromatic carbocycles. The molecule has 2 aromatic rings. The van der Waals surface area contributed by atoms with Crippen molar-refractivity contribution in [2.45, 2.75) is 58.8 Å². The van der Waals surface area contributed by atoms with Crippen LogP contribution in [-0.4, -0.2) is 24.3 Å². The van der Waals surface area contributed by atoms with Crippen molar-refractivity contribution in [2.24, 2.45) is 11.1 Å². The number of benzene rings is 2. The number of rotatable bonds is 4. The zero-order valence-corrected chi connectivity index (χ0v) is 23.0. The average molecular weight is 534 g/mol. The van der Waals surface area contributed by atoms with E-state index in [1.807, 2.05) is 38.1 Å². The van der Waals surface area contributed by atoms with Gasteiger partial charge in [0.25, 0.3) is 0 Å². The third-order valence-electron chi connectivity index (χ3n) is 7.64. The van der Waals surface area contributed by atoms with E-state index in [1.165, 1.54) is 0 Å². The second kappa shape index (κ2) is 9.02. The summed E-state index contributed by atoms with van der Waals surface area (Å²) in [5.41, 5.74) is 8.26. The fraction of sp³-hybridized carbons (Fsp3) is 0.367. The molecule has 7 nitrogen and oxygen atoms in total. The highest BCUT2D eigenvalue weighted by Gasteiger charge is 2.63. The summed E-state index contributed by atoms with van der Waals surface area (Å²) in [4.78, 5) is 43.6. The van der Waals surface area contributed by atoms with Gasteiger partial charge in [0.15, 0.2) is 5.78 Å². The maximum Gasteiger partial charge on any atom is 0.339 e. The first-order valence-electron chi connectivity index (χ1n) is 12.9. The largest absolute Gasteiger partial charge is 0.462 e. The minimum Gasteiger partial charge on any atom is -0.462 e. The van der Waals surface area contributed by atoms with Gasteiger partial charge in [0.05, 0.1) is 6.61 Å². The maximum absolute atomic E-state index is 14.1. The van der Waals surface area contributed by atoms with Crippen molar-refractivity contribution in [1.29, 1.82) is 0 Å². The number of carbonyl (C=O) groups excluding carboxylic acids is 3. The Balaban J connectivity index is 1.89. The van der Waals surface area contributed by atoms with Gasteiger partial charge in [-0.05, 0) is 60.6 Å². The highest BCUT2D eigenvalue weighted by Crippen LogP contribution is 2.57. The number of hydrogen-bond donors (Lipinski definition) is 2. The number of allylic oxidation sites excluding steroid dienone is 1. The Morgan fingerprint density at radius 2 is 1.82 bits per heavy atom. The predicted octanol–water partition coefficient (Wildman–Crippen LogP) is 5.55. The smallest absolute Gasteiger partial charge is 0.339 e. The van der Waals surface area contributed by atoms with Crippen LogP contribution < -0.4 is 16.0 Å². The van der Waals surface area contributed by atoms with Crippen molar-refractivity contribution in [3.05, 3.63) is 81.3 Å². The van der Waals surface area contributed by atoms with Gasteiger partial charge in [-0.3, -0.25) is 14.5 Å². The van der Waals surface area contributed by atoms with Crippen molar-refractivity contribution in [1.82, 2.24) is 0 Å². The average Bonchev–Trinajstić information content (AvgIpc) is 3.10. The predicted molar refractivity (Wildman–Crippen MR) is 148 cm³/mol. The number of ether oxygens (including phenoxy) is 1. The van der Waals surface area contributed by atoms with Crippen LogP contribution in [0.4, 0.5) is 11.4 Å². The van der Waals surface area contributed by atoms with Crippen LogP contribution in [0.2, 0.25) is 5.02 Å². The molecule has 0 aromatic heterocycles. The van der Waals surface area contributed by atoms with Gasteiger partial charge in [-0.2, -0.15) is 0 Å². The Hall–Kier alpha value is -3.58. The van der Waals surface area contributed by atoms with Crippen LogP contribution in [0, 0.1) is 5.41 Å². The lowest BCUT2D eigenvalue weighted by atomic mass is 9.60. The fourth-order valence-corrected chi connectivity index (χ4v) is 6.19. The molecule has 198 valence electrons. The van der Waals surface area contributed by atoms with Crippen LogP contribution in [0.3, 0.4) is 0 Å². The van der Waals surface area contributed by atoms with Crippen molar-refractivity contribution in [3.63, 3.8) is 0 Å². The minimum atomic E-state index is -1.77. The number of halogens is 1. The first-order valence-corrected chi connectivity index (χ1v) is 13.3. The highest BCUT2D eigenvalue weighted by atomic mass is 35.5. The van der Waals surface area contributed by atoms with E-state index in [0.717, 1.165) is 5.56 Å². The molecule has 1 amide bonds. The number of amides is 1. The van der Waals surface area contributed by atoms with Gasteiger partial charge < -0.3 is 15.8 Å². The van der Waals surface area contributed by atoms with Crippen LogP contribution in [0.5, 0.6) is 0 Å². The lowest BCUT2D eigenvalue weighted by Gasteiger charge is -2.47. The molecule has 1 atom stereocenters. The standard InChI is InChI=1S/C30H32ClN3O4/c1-6-38-27(36)25-26(32)34(19-10-7-17(8-11-19)16(2)3)22-14-29(4,5)15-23(35)24(22)30(25)20-13-18(31)9-12-21(20)33-28(30)37/h7-13,16H,6,14-15,32H2,1-5H3,(H,33,37). The number of anilines is 2. The number of esters is 1. The van der Waals surface area contributed by atoms with Crippen molar-refractivity contribution < 1.29 is 19.1 Å². The summed E-state index contributed by atoms with van der Waals surface area (Å²) in [5, 5.41) is 3.26. The topological polar surface area (TPSA) is 102 Å². The van der Waals surface area contributed by atoms with Crippen molar-refractivity contribution >= 4 is 40.6 Å². The molecule has 0 saturated carbocycles. The molecule has 2 aliphatic heterocycles. The van der Waals surface area contributed by atoms with Crippen molar-refractivity contribution in [2.75, 3.05) is 16.8 Å². The molecule has 0 radical (unpaired) electrons. The number of nitrogens with one attached hydrogen (secondary N) is 1. The first-order chi connectivity index (χ1) is 17.9. The molecule has 38 heavy (non-hydrogen) atoms. The van der Waals surface area contributed by atoms with Gasteiger partial charge in [0, 0.05) is 39.7 Å². The van der Waals surface area contributed by atoms with Crippen LogP contribution >= 0.6 is 11.6 Å². The third kappa shape index (κ3) is 3.75. The second-order valence-electron chi connectivity index (χ2n) is 11.2. The monoisotopic (exact) mass is 533 g/mol. The Morgan fingerprint density at radius 1 is 1.13 bits per heavy atom. The summed E-state index contributed by atoms with van der Waals surface area (Å²) < 4.78 is 5.47. The number of Topliss-reactive ketones (excluding diaryl/α,β-unsaturated/α-hetero) is 1. The van der Waals surface area contributed by atoms with E-state index in [2.05, 4.69) is 19.2 Å². The molecular formula is C30H32ClN3O4. The molecule has 8 heteroatoms. The van der Waals surface area contributed by atoms with Crippen LogP contribution in [0.25, 0.3) is 0 Å². The van der Waals surface area contributed by atoms with Gasteiger partial charge in [-0.25, -0.2) is 4.79 Å². The molecule has 3 aliphatic rings. The van der Waals surface area contributed by atoms with Crippen molar-refractivity contribution in [3.8, 4) is 0 Å². The molecule has 1 spiro atoms. The van der Waals surface area contributed by atoms with Crippen LogP contribution in [0.1, 0.15) is 64.5 Å². The summed E-state index contributed by atoms with van der Waals surface area (Å²) in [6.07, 6.45) is 0.689. The highest BCUT2D eigenvalue weighted by molar-refractivity contribution is 6.31. The van der Waals surface area contributed by atoms with E-state index in [4.69, 9.17) is 22.1 Å². The zero-order valence-electron chi connectivity index (χ0n) is 22.3. The van der Waals surface area contributed by atoms with Gasteiger partial charge in [0.1, 0.15) is 16.8 Å². The Kier molecular flexibility index (Phi) is 6.18. The molecule has 2 heterocycles. The summed E-state index contributed by atoms with van der Waals surface area (Å²) in [6.45, 7) is 10.0. The Morgan fingerprint density at radius 3 is 2.45 bits per heavy atom. The number of carbonyl (C=O) groups is 3.